The minimum Gasteiger partial charge on any atom is -0.346 e. The molecule has 0 bridgehead atoms. The summed E-state index contributed by atoms with van der Waals surface area (Å²) in [5.74, 6) is 1.65. The molecule has 2 unspecified atom stereocenters. The Morgan fingerprint density at radius 2 is 1.93 bits per heavy atom. The van der Waals surface area contributed by atoms with Gasteiger partial charge in [0.2, 0.25) is 0 Å². The highest BCUT2D eigenvalue weighted by atomic mass is 16.1. The lowest BCUT2D eigenvalue weighted by Gasteiger charge is -2.56. The maximum absolute atomic E-state index is 12.8. The largest absolute Gasteiger partial charge is 0.346 e. The fourth-order valence-electron chi connectivity index (χ4n) is 6.55. The molecule has 5 rings (SSSR count). The van der Waals surface area contributed by atoms with Crippen molar-refractivity contribution in [1.29, 1.82) is 0 Å². The van der Waals surface area contributed by atoms with E-state index in [1.54, 1.807) is 0 Å². The summed E-state index contributed by atoms with van der Waals surface area (Å²) in [6, 6.07) is 8.84. The molecule has 1 saturated heterocycles. The first-order valence-corrected chi connectivity index (χ1v) is 11.5. The molecule has 1 saturated carbocycles. The normalized spacial score (nSPS) is 33.0. The Bertz CT molecular complexity index is 968. The second-order valence-corrected chi connectivity index (χ2v) is 9.17. The third-order valence-electron chi connectivity index (χ3n) is 7.95. The maximum atomic E-state index is 12.8. The summed E-state index contributed by atoms with van der Waals surface area (Å²) in [4.78, 5) is 15.6. The topological polar surface area (TPSA) is 25.2 Å². The number of nitrogens with zero attached hydrogens (tertiary/aromatic N) is 2. The number of rotatable bonds is 0. The molecule has 1 aromatic heterocycles. The zero-order chi connectivity index (χ0) is 20.9. The molecular weight excluding hydrogens is 356 g/mol. The van der Waals surface area contributed by atoms with Gasteiger partial charge in [-0.1, -0.05) is 45.0 Å². The predicted molar refractivity (Wildman–Crippen MR) is 121 cm³/mol. The molecule has 1 aromatic carbocycles. The Kier molecular flexibility index (Phi) is 5.23. The van der Waals surface area contributed by atoms with Crippen molar-refractivity contribution < 1.29 is 4.79 Å². The molecule has 0 N–H and O–H groups in total. The van der Waals surface area contributed by atoms with E-state index in [4.69, 9.17) is 0 Å². The van der Waals surface area contributed by atoms with E-state index >= 15 is 0 Å². The molecule has 0 radical (unpaired) electrons. The van der Waals surface area contributed by atoms with Gasteiger partial charge in [0.1, 0.15) is 0 Å². The molecule has 0 amide bonds. The average Bonchev–Trinajstić information content (AvgIpc) is 3.05. The highest BCUT2D eigenvalue weighted by Gasteiger charge is 2.52. The summed E-state index contributed by atoms with van der Waals surface area (Å²) in [5, 5.41) is 1.42. The molecule has 4 atom stereocenters. The van der Waals surface area contributed by atoms with Crippen LogP contribution in [-0.4, -0.2) is 28.3 Å². The van der Waals surface area contributed by atoms with Crippen LogP contribution in [0, 0.1) is 17.8 Å². The Labute approximate surface area is 175 Å². The Hall–Kier alpha value is -1.87. The zero-order valence-electron chi connectivity index (χ0n) is 19.0. The molecule has 2 aromatic rings. The second kappa shape index (κ2) is 7.43. The molecule has 2 fully saturated rings. The number of carbonyl (C=O) groups excluding carboxylic acids is 1. The zero-order valence-corrected chi connectivity index (χ0v) is 19.0. The van der Waals surface area contributed by atoms with Crippen LogP contribution in [-0.2, 0) is 23.8 Å². The van der Waals surface area contributed by atoms with Gasteiger partial charge in [-0.05, 0) is 62.1 Å². The minimum absolute atomic E-state index is 0.0322. The van der Waals surface area contributed by atoms with Gasteiger partial charge < -0.3 is 4.57 Å². The highest BCUT2D eigenvalue weighted by Crippen LogP contribution is 2.52. The number of piperidine rings is 1. The minimum atomic E-state index is 0.0322. The number of fused-ring (bicyclic) bond motifs is 6. The molecule has 29 heavy (non-hydrogen) atoms. The summed E-state index contributed by atoms with van der Waals surface area (Å²) in [6.07, 6.45) is 5.26. The van der Waals surface area contributed by atoms with Gasteiger partial charge in [0.15, 0.2) is 5.78 Å². The van der Waals surface area contributed by atoms with E-state index in [0.717, 1.165) is 37.9 Å². The van der Waals surface area contributed by atoms with Crippen LogP contribution >= 0.6 is 0 Å². The number of aryl methyl sites for hydroxylation is 1. The fourth-order valence-corrected chi connectivity index (χ4v) is 6.55. The standard InChI is InChI=1S/C24H30N2O.C2H6/c1-5-16-12-17-14-26-11-10-19-18-8-6-7-9-21(18)25(4)23(19)24(26,3)13-20(17)15(2)22(16)27;1-2/h5-9,15,17,20H,10-14H2,1-4H3;1-2H3/b16-5+;/t15-,17?,20?,24+;/m1./s1. The van der Waals surface area contributed by atoms with Gasteiger partial charge in [-0.25, -0.2) is 0 Å². The quantitative estimate of drug-likeness (QED) is 0.556. The second-order valence-electron chi connectivity index (χ2n) is 9.17. The van der Waals surface area contributed by atoms with Gasteiger partial charge in [-0.15, -0.1) is 0 Å². The highest BCUT2D eigenvalue weighted by molar-refractivity contribution is 5.98. The first kappa shape index (κ1) is 20.4. The van der Waals surface area contributed by atoms with Crippen molar-refractivity contribution in [2.24, 2.45) is 24.8 Å². The molecule has 3 nitrogen and oxygen atoms in total. The fraction of sp³-hybridized carbons (Fsp3) is 0.577. The number of para-hydroxylation sites is 1. The smallest absolute Gasteiger partial charge is 0.161 e. The van der Waals surface area contributed by atoms with Gasteiger partial charge in [0.25, 0.3) is 0 Å². The van der Waals surface area contributed by atoms with E-state index < -0.39 is 0 Å². The Morgan fingerprint density at radius 1 is 1.21 bits per heavy atom. The lowest BCUT2D eigenvalue weighted by Crippen LogP contribution is -2.59. The monoisotopic (exact) mass is 392 g/mol. The molecule has 3 aliphatic rings. The van der Waals surface area contributed by atoms with Crippen molar-refractivity contribution in [3.05, 3.63) is 47.2 Å². The third kappa shape index (κ3) is 2.84. The third-order valence-corrected chi connectivity index (χ3v) is 7.95. The molecule has 3 heteroatoms. The van der Waals surface area contributed by atoms with E-state index in [1.165, 1.54) is 22.2 Å². The Balaban J connectivity index is 0.000000994. The van der Waals surface area contributed by atoms with Gasteiger partial charge in [-0.3, -0.25) is 9.69 Å². The molecule has 3 heterocycles. The number of Topliss-reactive ketones (excluding diaryl/α,β-unsaturated/α-hetero) is 1. The number of ketones is 1. The molecule has 156 valence electrons. The van der Waals surface area contributed by atoms with Gasteiger partial charge >= 0.3 is 0 Å². The SMILES string of the molecule is C/C=C1\CC2CN3CCc4c(n(C)c5ccccc45)[C@]3(C)CC2[C@@H](C)C1=O.CC. The number of hydrogen-bond acceptors (Lipinski definition) is 2. The van der Waals surface area contributed by atoms with Crippen LogP contribution in [0.3, 0.4) is 0 Å². The predicted octanol–water partition coefficient (Wildman–Crippen LogP) is 5.47. The first-order valence-electron chi connectivity index (χ1n) is 11.5. The van der Waals surface area contributed by atoms with E-state index in [-0.39, 0.29) is 11.5 Å². The van der Waals surface area contributed by atoms with Crippen LogP contribution in [0.2, 0.25) is 0 Å². The molecule has 0 spiro atoms. The number of carbonyl (C=O) groups is 1. The van der Waals surface area contributed by atoms with Crippen LogP contribution in [0.5, 0.6) is 0 Å². The lowest BCUT2D eigenvalue weighted by molar-refractivity contribution is -0.127. The van der Waals surface area contributed by atoms with E-state index in [1.807, 2.05) is 20.8 Å². The van der Waals surface area contributed by atoms with Crippen LogP contribution in [0.15, 0.2) is 35.9 Å². The molecular formula is C26H36N2O. The average molecular weight is 393 g/mol. The molecule has 2 aliphatic heterocycles. The first-order chi connectivity index (χ1) is 14.0. The summed E-state index contributed by atoms with van der Waals surface area (Å²) in [7, 11) is 2.23. The van der Waals surface area contributed by atoms with Crippen LogP contribution < -0.4 is 0 Å². The van der Waals surface area contributed by atoms with Crippen molar-refractivity contribution in [2.75, 3.05) is 13.1 Å². The summed E-state index contributed by atoms with van der Waals surface area (Å²) in [5.41, 5.74) is 5.47. The van der Waals surface area contributed by atoms with Crippen LogP contribution in [0.4, 0.5) is 0 Å². The van der Waals surface area contributed by atoms with E-state index in [9.17, 15) is 4.79 Å². The summed E-state index contributed by atoms with van der Waals surface area (Å²) >= 11 is 0. The number of aromatic nitrogens is 1. The van der Waals surface area contributed by atoms with Crippen molar-refractivity contribution in [1.82, 2.24) is 9.47 Å². The van der Waals surface area contributed by atoms with E-state index in [0.29, 0.717) is 17.6 Å². The lowest BCUT2D eigenvalue weighted by atomic mass is 9.61. The number of allylic oxidation sites excluding steroid dienone is 2. The number of benzene rings is 1. The molecule has 1 aliphatic carbocycles. The summed E-state index contributed by atoms with van der Waals surface area (Å²) in [6.45, 7) is 12.9. The van der Waals surface area contributed by atoms with Crippen molar-refractivity contribution in [3.8, 4) is 0 Å². The Morgan fingerprint density at radius 3 is 2.66 bits per heavy atom. The maximum Gasteiger partial charge on any atom is 0.161 e. The van der Waals surface area contributed by atoms with Crippen molar-refractivity contribution in [3.63, 3.8) is 0 Å². The van der Waals surface area contributed by atoms with Crippen molar-refractivity contribution >= 4 is 16.7 Å². The number of hydrogen-bond donors (Lipinski definition) is 0. The summed E-state index contributed by atoms with van der Waals surface area (Å²) < 4.78 is 2.43. The van der Waals surface area contributed by atoms with Gasteiger partial charge in [-0.2, -0.15) is 0 Å². The van der Waals surface area contributed by atoms with E-state index in [2.05, 4.69) is 60.7 Å². The van der Waals surface area contributed by atoms with Crippen molar-refractivity contribution in [2.45, 2.75) is 59.4 Å². The van der Waals surface area contributed by atoms with Crippen LogP contribution in [0.25, 0.3) is 10.9 Å². The van der Waals surface area contributed by atoms with Crippen LogP contribution in [0.1, 0.15) is 58.7 Å². The van der Waals surface area contributed by atoms with Gasteiger partial charge in [0, 0.05) is 42.7 Å². The van der Waals surface area contributed by atoms with Gasteiger partial charge in [0.05, 0.1) is 5.54 Å².